The number of para-hydroxylation sites is 1. The van der Waals surface area contributed by atoms with E-state index in [4.69, 9.17) is 4.98 Å². The molecule has 2 heterocycles. The van der Waals surface area contributed by atoms with Crippen molar-refractivity contribution in [2.24, 2.45) is 0 Å². The van der Waals surface area contributed by atoms with E-state index in [1.165, 1.54) is 12.1 Å². The predicted octanol–water partition coefficient (Wildman–Crippen LogP) is 5.33. The highest BCUT2D eigenvalue weighted by Crippen LogP contribution is 2.34. The van der Waals surface area contributed by atoms with Crippen LogP contribution in [0.2, 0.25) is 0 Å². The van der Waals surface area contributed by atoms with Gasteiger partial charge in [-0.2, -0.15) is 13.2 Å². The Kier molecular flexibility index (Phi) is 4.63. The number of halogens is 3. The molecule has 0 saturated carbocycles. The highest BCUT2D eigenvalue weighted by molar-refractivity contribution is 7.18. The van der Waals surface area contributed by atoms with Crippen molar-refractivity contribution >= 4 is 27.5 Å². The first-order valence-corrected chi connectivity index (χ1v) is 9.55. The van der Waals surface area contributed by atoms with Gasteiger partial charge in [-0.3, -0.25) is 4.79 Å². The molecule has 0 radical (unpaired) electrons. The number of aromatic nitrogens is 1. The summed E-state index contributed by atoms with van der Waals surface area (Å²) in [4.78, 5) is 19.0. The fraction of sp³-hybridized carbons (Fsp3) is 0.300. The lowest BCUT2D eigenvalue weighted by atomic mass is 9.97. The number of thiazole rings is 1. The first-order valence-electron chi connectivity index (χ1n) is 8.74. The number of hydrogen-bond acceptors (Lipinski definition) is 3. The number of likely N-dealkylation sites (tertiary alicyclic amines) is 1. The average molecular weight is 390 g/mol. The third-order valence-corrected chi connectivity index (χ3v) is 6.10. The molecule has 3 nitrogen and oxygen atoms in total. The van der Waals surface area contributed by atoms with Crippen LogP contribution in [0.4, 0.5) is 13.2 Å². The van der Waals surface area contributed by atoms with Crippen molar-refractivity contribution in [1.82, 2.24) is 9.88 Å². The Labute approximate surface area is 158 Å². The second-order valence-corrected chi connectivity index (χ2v) is 7.72. The third kappa shape index (κ3) is 3.69. The molecule has 3 aromatic rings. The summed E-state index contributed by atoms with van der Waals surface area (Å²) in [5, 5.41) is 1.10. The summed E-state index contributed by atoms with van der Waals surface area (Å²) >= 11 is 1.69. The number of alkyl halides is 3. The van der Waals surface area contributed by atoms with Crippen molar-refractivity contribution in [3.8, 4) is 0 Å². The summed E-state index contributed by atoms with van der Waals surface area (Å²) in [6.45, 7) is 1.17. The van der Waals surface area contributed by atoms with Crippen LogP contribution in [-0.4, -0.2) is 28.9 Å². The molecule has 1 aliphatic rings. The van der Waals surface area contributed by atoms with Crippen molar-refractivity contribution in [3.05, 3.63) is 64.7 Å². The standard InChI is InChI=1S/C20H17F3N2OS/c21-20(22,23)15-7-5-14(6-8-15)19(26)25-11-9-13(10-12-25)18-24-16-3-1-2-4-17(16)27-18/h1-8,13H,9-12H2. The number of amides is 1. The molecule has 1 saturated heterocycles. The number of piperidine rings is 1. The molecule has 140 valence electrons. The Bertz CT molecular complexity index is 924. The van der Waals surface area contributed by atoms with Gasteiger partial charge in [-0.1, -0.05) is 12.1 Å². The topological polar surface area (TPSA) is 33.2 Å². The second kappa shape index (κ2) is 6.96. The zero-order valence-corrected chi connectivity index (χ0v) is 15.2. The molecule has 1 amide bonds. The number of rotatable bonds is 2. The lowest BCUT2D eigenvalue weighted by Gasteiger charge is -2.31. The Morgan fingerprint density at radius 1 is 1.04 bits per heavy atom. The number of hydrogen-bond donors (Lipinski definition) is 0. The molecule has 0 atom stereocenters. The normalized spacial score (nSPS) is 16.0. The zero-order valence-electron chi connectivity index (χ0n) is 14.4. The van der Waals surface area contributed by atoms with Crippen molar-refractivity contribution in [1.29, 1.82) is 0 Å². The largest absolute Gasteiger partial charge is 0.416 e. The van der Waals surface area contributed by atoms with Crippen LogP contribution in [0.5, 0.6) is 0 Å². The van der Waals surface area contributed by atoms with Gasteiger partial charge < -0.3 is 4.90 Å². The van der Waals surface area contributed by atoms with Crippen molar-refractivity contribution in [2.75, 3.05) is 13.1 Å². The van der Waals surface area contributed by atoms with Crippen LogP contribution in [0, 0.1) is 0 Å². The predicted molar refractivity (Wildman–Crippen MR) is 98.9 cm³/mol. The Hall–Kier alpha value is -2.41. The Balaban J connectivity index is 1.42. The molecule has 0 spiro atoms. The number of benzene rings is 2. The molecule has 2 aromatic carbocycles. The van der Waals surface area contributed by atoms with Gasteiger partial charge in [0, 0.05) is 24.6 Å². The van der Waals surface area contributed by atoms with Gasteiger partial charge in [0.05, 0.1) is 20.8 Å². The molecule has 0 aliphatic carbocycles. The molecule has 0 unspecified atom stereocenters. The summed E-state index contributed by atoms with van der Waals surface area (Å²) in [6, 6.07) is 12.4. The number of carbonyl (C=O) groups excluding carboxylic acids is 1. The fourth-order valence-corrected chi connectivity index (χ4v) is 4.52. The van der Waals surface area contributed by atoms with Gasteiger partial charge in [-0.15, -0.1) is 11.3 Å². The van der Waals surface area contributed by atoms with Crippen molar-refractivity contribution in [2.45, 2.75) is 24.9 Å². The molecular weight excluding hydrogens is 373 g/mol. The maximum Gasteiger partial charge on any atom is 0.416 e. The van der Waals surface area contributed by atoms with Crippen LogP contribution in [0.15, 0.2) is 48.5 Å². The fourth-order valence-electron chi connectivity index (χ4n) is 3.38. The van der Waals surface area contributed by atoms with E-state index >= 15 is 0 Å². The molecule has 27 heavy (non-hydrogen) atoms. The summed E-state index contributed by atoms with van der Waals surface area (Å²) in [6.07, 6.45) is -2.77. The molecule has 0 bridgehead atoms. The van der Waals surface area contributed by atoms with Crippen LogP contribution in [0.3, 0.4) is 0 Å². The van der Waals surface area contributed by atoms with Crippen LogP contribution in [-0.2, 0) is 6.18 Å². The van der Waals surface area contributed by atoms with Gasteiger partial charge >= 0.3 is 6.18 Å². The van der Waals surface area contributed by atoms with Gasteiger partial charge in [0.25, 0.3) is 5.91 Å². The maximum atomic E-state index is 12.7. The van der Waals surface area contributed by atoms with Crippen molar-refractivity contribution in [3.63, 3.8) is 0 Å². The van der Waals surface area contributed by atoms with E-state index in [0.717, 1.165) is 40.2 Å². The lowest BCUT2D eigenvalue weighted by Crippen LogP contribution is -2.37. The van der Waals surface area contributed by atoms with E-state index in [9.17, 15) is 18.0 Å². The summed E-state index contributed by atoms with van der Waals surface area (Å²) in [7, 11) is 0. The average Bonchev–Trinajstić information content (AvgIpc) is 3.11. The van der Waals surface area contributed by atoms with Crippen LogP contribution < -0.4 is 0 Å². The first kappa shape index (κ1) is 18.0. The zero-order chi connectivity index (χ0) is 19.0. The quantitative estimate of drug-likeness (QED) is 0.592. The molecule has 1 aliphatic heterocycles. The summed E-state index contributed by atoms with van der Waals surface area (Å²) in [5.41, 5.74) is 0.552. The minimum atomic E-state index is -4.39. The monoisotopic (exact) mass is 390 g/mol. The molecule has 1 aromatic heterocycles. The highest BCUT2D eigenvalue weighted by Gasteiger charge is 2.31. The Morgan fingerprint density at radius 2 is 1.70 bits per heavy atom. The number of fused-ring (bicyclic) bond motifs is 1. The van der Waals surface area contributed by atoms with Gasteiger partial charge in [-0.25, -0.2) is 4.98 Å². The smallest absolute Gasteiger partial charge is 0.339 e. The highest BCUT2D eigenvalue weighted by atomic mass is 32.1. The lowest BCUT2D eigenvalue weighted by molar-refractivity contribution is -0.137. The van der Waals surface area contributed by atoms with E-state index in [2.05, 4.69) is 6.07 Å². The second-order valence-electron chi connectivity index (χ2n) is 6.66. The van der Waals surface area contributed by atoms with Gasteiger partial charge in [0.2, 0.25) is 0 Å². The Morgan fingerprint density at radius 3 is 2.33 bits per heavy atom. The first-order chi connectivity index (χ1) is 12.9. The van der Waals surface area contributed by atoms with Crippen molar-refractivity contribution < 1.29 is 18.0 Å². The van der Waals surface area contributed by atoms with Crippen LogP contribution >= 0.6 is 11.3 Å². The molecular formula is C20H17F3N2OS. The van der Waals surface area contributed by atoms with E-state index in [-0.39, 0.29) is 5.91 Å². The van der Waals surface area contributed by atoms with E-state index in [1.54, 1.807) is 16.2 Å². The SMILES string of the molecule is O=C(c1ccc(C(F)(F)F)cc1)N1CCC(c2nc3ccccc3s2)CC1. The number of nitrogens with zero attached hydrogens (tertiary/aromatic N) is 2. The van der Waals surface area contributed by atoms with Gasteiger partial charge in [0.1, 0.15) is 0 Å². The minimum absolute atomic E-state index is 0.216. The summed E-state index contributed by atoms with van der Waals surface area (Å²) < 4.78 is 39.1. The molecule has 0 N–H and O–H groups in total. The van der Waals surface area contributed by atoms with E-state index in [1.807, 2.05) is 18.2 Å². The van der Waals surface area contributed by atoms with E-state index < -0.39 is 11.7 Å². The van der Waals surface area contributed by atoms with Gasteiger partial charge in [0.15, 0.2) is 0 Å². The summed E-state index contributed by atoms with van der Waals surface area (Å²) in [5.74, 6) is 0.102. The minimum Gasteiger partial charge on any atom is -0.339 e. The van der Waals surface area contributed by atoms with E-state index in [0.29, 0.717) is 24.6 Å². The maximum absolute atomic E-state index is 12.7. The van der Waals surface area contributed by atoms with Crippen LogP contribution in [0.1, 0.15) is 39.7 Å². The number of carbonyl (C=O) groups is 1. The van der Waals surface area contributed by atoms with Crippen LogP contribution in [0.25, 0.3) is 10.2 Å². The molecule has 1 fully saturated rings. The molecule has 7 heteroatoms. The van der Waals surface area contributed by atoms with Gasteiger partial charge in [-0.05, 0) is 49.2 Å². The molecule has 4 rings (SSSR count). The third-order valence-electron chi connectivity index (χ3n) is 4.90.